The first-order valence-electron chi connectivity index (χ1n) is 7.29. The Labute approximate surface area is 105 Å². The van der Waals surface area contributed by atoms with Gasteiger partial charge in [0.15, 0.2) is 0 Å². The molecule has 0 aromatic rings. The predicted molar refractivity (Wildman–Crippen MR) is 69.2 cm³/mol. The van der Waals surface area contributed by atoms with Crippen LogP contribution in [-0.4, -0.2) is 39.0 Å². The van der Waals surface area contributed by atoms with Gasteiger partial charge in [0.1, 0.15) is 0 Å². The smallest absolute Gasteiger partial charge is 0.0517 e. The second kappa shape index (κ2) is 7.34. The normalized spacial score (nSPS) is 33.4. The van der Waals surface area contributed by atoms with Crippen LogP contribution in [0.1, 0.15) is 39.0 Å². The molecule has 2 rings (SSSR count). The maximum Gasteiger partial charge on any atom is 0.0517 e. The summed E-state index contributed by atoms with van der Waals surface area (Å²) in [5.41, 5.74) is 0. The topological polar surface area (TPSA) is 30.5 Å². The van der Waals surface area contributed by atoms with E-state index < -0.39 is 0 Å². The molecule has 1 saturated heterocycles. The van der Waals surface area contributed by atoms with Crippen molar-refractivity contribution in [2.75, 3.05) is 33.0 Å². The summed E-state index contributed by atoms with van der Waals surface area (Å²) in [6.45, 7) is 6.97. The zero-order chi connectivity index (χ0) is 11.9. The molecule has 1 N–H and O–H groups in total. The van der Waals surface area contributed by atoms with Crippen LogP contribution in [0.25, 0.3) is 0 Å². The number of hydrogen-bond acceptors (Lipinski definition) is 3. The second-order valence-electron chi connectivity index (χ2n) is 5.45. The molecule has 100 valence electrons. The highest BCUT2D eigenvalue weighted by molar-refractivity contribution is 4.82. The lowest BCUT2D eigenvalue weighted by Gasteiger charge is -2.20. The fraction of sp³-hybridized carbons (Fsp3) is 1.00. The number of hydrogen-bond donors (Lipinski definition) is 1. The van der Waals surface area contributed by atoms with Crippen LogP contribution in [0.3, 0.4) is 0 Å². The zero-order valence-corrected chi connectivity index (χ0v) is 11.1. The first-order chi connectivity index (χ1) is 8.40. The van der Waals surface area contributed by atoms with E-state index in [4.69, 9.17) is 9.47 Å². The minimum Gasteiger partial charge on any atom is -0.381 e. The summed E-state index contributed by atoms with van der Waals surface area (Å²) in [6, 6.07) is 0.749. The lowest BCUT2D eigenvalue weighted by Crippen LogP contribution is -2.32. The minimum atomic E-state index is 0.656. The molecule has 0 aromatic heterocycles. The molecule has 0 bridgehead atoms. The Bertz CT molecular complexity index is 204. The van der Waals surface area contributed by atoms with E-state index >= 15 is 0 Å². The van der Waals surface area contributed by atoms with Crippen molar-refractivity contribution in [3.63, 3.8) is 0 Å². The Morgan fingerprint density at radius 3 is 3.00 bits per heavy atom. The molecule has 3 unspecified atom stereocenters. The summed E-state index contributed by atoms with van der Waals surface area (Å²) in [6.07, 6.45) is 6.54. The SMILES string of the molecule is CCNC1CCCC1CCOCC1CCOC1. The number of rotatable bonds is 7. The molecule has 1 heterocycles. The Morgan fingerprint density at radius 1 is 1.29 bits per heavy atom. The van der Waals surface area contributed by atoms with E-state index in [2.05, 4.69) is 12.2 Å². The largest absolute Gasteiger partial charge is 0.381 e. The lowest BCUT2D eigenvalue weighted by atomic mass is 10.00. The standard InChI is InChI=1S/C14H27NO2/c1-2-15-14-5-3-4-13(14)7-9-17-11-12-6-8-16-10-12/h12-15H,2-11H2,1H3. The summed E-state index contributed by atoms with van der Waals surface area (Å²) in [7, 11) is 0. The van der Waals surface area contributed by atoms with Gasteiger partial charge in [-0.25, -0.2) is 0 Å². The first kappa shape index (κ1) is 13.3. The van der Waals surface area contributed by atoms with Crippen LogP contribution in [-0.2, 0) is 9.47 Å². The van der Waals surface area contributed by atoms with Crippen molar-refractivity contribution in [3.8, 4) is 0 Å². The Kier molecular flexibility index (Phi) is 5.75. The van der Waals surface area contributed by atoms with Crippen LogP contribution < -0.4 is 5.32 Å². The molecule has 0 spiro atoms. The van der Waals surface area contributed by atoms with Gasteiger partial charge in [-0.3, -0.25) is 0 Å². The zero-order valence-electron chi connectivity index (χ0n) is 11.1. The highest BCUT2D eigenvalue weighted by atomic mass is 16.5. The van der Waals surface area contributed by atoms with Gasteiger partial charge in [0.05, 0.1) is 13.2 Å². The van der Waals surface area contributed by atoms with Gasteiger partial charge in [-0.05, 0) is 38.1 Å². The van der Waals surface area contributed by atoms with Crippen LogP contribution in [0, 0.1) is 11.8 Å². The van der Waals surface area contributed by atoms with Crippen LogP contribution in [0.4, 0.5) is 0 Å². The van der Waals surface area contributed by atoms with E-state index in [-0.39, 0.29) is 0 Å². The maximum atomic E-state index is 5.80. The number of ether oxygens (including phenoxy) is 2. The predicted octanol–water partition coefficient (Wildman–Crippen LogP) is 2.21. The lowest BCUT2D eigenvalue weighted by molar-refractivity contribution is 0.0790. The fourth-order valence-electron chi connectivity index (χ4n) is 3.11. The summed E-state index contributed by atoms with van der Waals surface area (Å²) in [5.74, 6) is 1.50. The number of nitrogens with one attached hydrogen (secondary N) is 1. The van der Waals surface area contributed by atoms with Crippen LogP contribution in [0.2, 0.25) is 0 Å². The van der Waals surface area contributed by atoms with E-state index in [1.54, 1.807) is 0 Å². The summed E-state index contributed by atoms with van der Waals surface area (Å²) in [4.78, 5) is 0. The first-order valence-corrected chi connectivity index (χ1v) is 7.29. The third-order valence-electron chi connectivity index (χ3n) is 4.14. The van der Waals surface area contributed by atoms with Crippen molar-refractivity contribution in [3.05, 3.63) is 0 Å². The Balaban J connectivity index is 1.54. The molecule has 1 saturated carbocycles. The molecule has 3 heteroatoms. The van der Waals surface area contributed by atoms with Crippen molar-refractivity contribution in [2.45, 2.75) is 45.1 Å². The van der Waals surface area contributed by atoms with Gasteiger partial charge in [-0.2, -0.15) is 0 Å². The van der Waals surface area contributed by atoms with E-state index in [1.165, 1.54) is 32.1 Å². The molecule has 3 atom stereocenters. The molecule has 1 aliphatic heterocycles. The van der Waals surface area contributed by atoms with Crippen LogP contribution in [0.15, 0.2) is 0 Å². The monoisotopic (exact) mass is 241 g/mol. The van der Waals surface area contributed by atoms with E-state index in [0.29, 0.717) is 5.92 Å². The molecular weight excluding hydrogens is 214 g/mol. The van der Waals surface area contributed by atoms with E-state index in [1.807, 2.05) is 0 Å². The molecule has 17 heavy (non-hydrogen) atoms. The van der Waals surface area contributed by atoms with E-state index in [0.717, 1.165) is 44.9 Å². The van der Waals surface area contributed by atoms with Crippen molar-refractivity contribution >= 4 is 0 Å². The highest BCUT2D eigenvalue weighted by Gasteiger charge is 2.26. The highest BCUT2D eigenvalue weighted by Crippen LogP contribution is 2.28. The van der Waals surface area contributed by atoms with Gasteiger partial charge in [-0.1, -0.05) is 13.3 Å². The van der Waals surface area contributed by atoms with E-state index in [9.17, 15) is 0 Å². The quantitative estimate of drug-likeness (QED) is 0.693. The summed E-state index contributed by atoms with van der Waals surface area (Å²) >= 11 is 0. The van der Waals surface area contributed by atoms with Gasteiger partial charge in [-0.15, -0.1) is 0 Å². The Morgan fingerprint density at radius 2 is 2.24 bits per heavy atom. The van der Waals surface area contributed by atoms with Crippen LogP contribution >= 0.6 is 0 Å². The van der Waals surface area contributed by atoms with Crippen molar-refractivity contribution in [1.82, 2.24) is 5.32 Å². The van der Waals surface area contributed by atoms with Gasteiger partial charge in [0.25, 0.3) is 0 Å². The molecule has 3 nitrogen and oxygen atoms in total. The molecule has 2 fully saturated rings. The van der Waals surface area contributed by atoms with Crippen molar-refractivity contribution < 1.29 is 9.47 Å². The van der Waals surface area contributed by atoms with Crippen LogP contribution in [0.5, 0.6) is 0 Å². The van der Waals surface area contributed by atoms with Crippen molar-refractivity contribution in [1.29, 1.82) is 0 Å². The average Bonchev–Trinajstić information content (AvgIpc) is 2.96. The molecule has 0 aromatic carbocycles. The fourth-order valence-corrected chi connectivity index (χ4v) is 3.11. The van der Waals surface area contributed by atoms with Gasteiger partial charge in [0.2, 0.25) is 0 Å². The molecule has 2 aliphatic rings. The molecule has 0 radical (unpaired) electrons. The molecule has 1 aliphatic carbocycles. The van der Waals surface area contributed by atoms with Gasteiger partial charge in [0, 0.05) is 25.2 Å². The third-order valence-corrected chi connectivity index (χ3v) is 4.14. The molecular formula is C14H27NO2. The average molecular weight is 241 g/mol. The maximum absolute atomic E-state index is 5.80. The molecule has 0 amide bonds. The third kappa shape index (κ3) is 4.23. The second-order valence-corrected chi connectivity index (χ2v) is 5.45. The summed E-state index contributed by atoms with van der Waals surface area (Å²) in [5, 5.41) is 3.60. The van der Waals surface area contributed by atoms with Gasteiger partial charge >= 0.3 is 0 Å². The Hall–Kier alpha value is -0.120. The van der Waals surface area contributed by atoms with Crippen molar-refractivity contribution in [2.24, 2.45) is 11.8 Å². The summed E-state index contributed by atoms with van der Waals surface area (Å²) < 4.78 is 11.1. The minimum absolute atomic E-state index is 0.656. The van der Waals surface area contributed by atoms with Gasteiger partial charge < -0.3 is 14.8 Å².